The third kappa shape index (κ3) is 5.46. The number of aromatic amines is 1. The largest absolute Gasteiger partial charge is 0.417 e. The summed E-state index contributed by atoms with van der Waals surface area (Å²) in [5, 5.41) is 2.94. The Hall–Kier alpha value is -3.10. The second kappa shape index (κ2) is 9.80. The van der Waals surface area contributed by atoms with Crippen molar-refractivity contribution >= 4 is 5.91 Å². The van der Waals surface area contributed by atoms with Crippen molar-refractivity contribution in [1.82, 2.24) is 20.1 Å². The van der Waals surface area contributed by atoms with Gasteiger partial charge in [-0.1, -0.05) is 48.5 Å². The molecule has 1 aliphatic heterocycles. The fourth-order valence-corrected chi connectivity index (χ4v) is 4.07. The molecular formula is C25H27F3N4O. The van der Waals surface area contributed by atoms with Crippen LogP contribution in [0.4, 0.5) is 13.2 Å². The second-order valence-corrected chi connectivity index (χ2v) is 8.28. The molecule has 2 N–H and O–H groups in total. The molecule has 1 aliphatic rings. The Kier molecular flexibility index (Phi) is 6.85. The Morgan fingerprint density at radius 2 is 1.67 bits per heavy atom. The van der Waals surface area contributed by atoms with E-state index < -0.39 is 11.7 Å². The van der Waals surface area contributed by atoms with Crippen molar-refractivity contribution in [3.8, 4) is 22.5 Å². The summed E-state index contributed by atoms with van der Waals surface area (Å²) in [6, 6.07) is 16.1. The maximum Gasteiger partial charge on any atom is 0.417 e. The third-order valence-electron chi connectivity index (χ3n) is 5.96. The van der Waals surface area contributed by atoms with Crippen LogP contribution in [0.5, 0.6) is 0 Å². The Labute approximate surface area is 191 Å². The van der Waals surface area contributed by atoms with Gasteiger partial charge in [0.25, 0.3) is 5.91 Å². The molecule has 0 bridgehead atoms. The summed E-state index contributed by atoms with van der Waals surface area (Å²) in [4.78, 5) is 20.7. The van der Waals surface area contributed by atoms with Gasteiger partial charge in [0.15, 0.2) is 0 Å². The quantitative estimate of drug-likeness (QED) is 0.580. The van der Waals surface area contributed by atoms with E-state index in [0.29, 0.717) is 17.8 Å². The van der Waals surface area contributed by atoms with E-state index in [4.69, 9.17) is 0 Å². The number of likely N-dealkylation sites (N-methyl/N-ethyl adjacent to an activating group) is 1. The standard InChI is InChI=1S/C25H27F3N4O/c1-31-13-15-32(16-14-31)12-11-29-24(33)20-17-22(30-23(20)18-7-3-2-4-8-18)19-9-5-6-10-21(19)25(26,27)28/h2-10,17,30H,11-16H2,1H3,(H,29,33). The smallest absolute Gasteiger partial charge is 0.354 e. The Bertz CT molecular complexity index is 1090. The summed E-state index contributed by atoms with van der Waals surface area (Å²) in [6.45, 7) is 5.08. The fourth-order valence-electron chi connectivity index (χ4n) is 4.07. The number of carbonyl (C=O) groups is 1. The number of H-pyrrole nitrogens is 1. The number of aromatic nitrogens is 1. The monoisotopic (exact) mass is 456 g/mol. The predicted molar refractivity (Wildman–Crippen MR) is 123 cm³/mol. The molecule has 3 aromatic rings. The van der Waals surface area contributed by atoms with Crippen molar-refractivity contribution in [3.63, 3.8) is 0 Å². The van der Waals surface area contributed by atoms with Crippen LogP contribution in [0.15, 0.2) is 60.7 Å². The van der Waals surface area contributed by atoms with Crippen LogP contribution in [0.25, 0.3) is 22.5 Å². The molecule has 1 amide bonds. The lowest BCUT2D eigenvalue weighted by atomic mass is 10.0. The topological polar surface area (TPSA) is 51.4 Å². The summed E-state index contributed by atoms with van der Waals surface area (Å²) in [5.74, 6) is -0.310. The Morgan fingerprint density at radius 3 is 2.36 bits per heavy atom. The van der Waals surface area contributed by atoms with Gasteiger partial charge in [-0.3, -0.25) is 9.69 Å². The van der Waals surface area contributed by atoms with Crippen molar-refractivity contribution < 1.29 is 18.0 Å². The number of carbonyl (C=O) groups excluding carboxylic acids is 1. The van der Waals surface area contributed by atoms with Crippen LogP contribution in [-0.4, -0.2) is 67.0 Å². The Morgan fingerprint density at radius 1 is 1.00 bits per heavy atom. The molecule has 2 heterocycles. The lowest BCUT2D eigenvalue weighted by molar-refractivity contribution is -0.137. The molecule has 0 aliphatic carbocycles. The molecule has 0 radical (unpaired) electrons. The molecule has 8 heteroatoms. The van der Waals surface area contributed by atoms with Gasteiger partial charge in [0, 0.05) is 50.5 Å². The summed E-state index contributed by atoms with van der Waals surface area (Å²) in [6.07, 6.45) is -4.50. The molecule has 174 valence electrons. The van der Waals surface area contributed by atoms with Gasteiger partial charge < -0.3 is 15.2 Å². The van der Waals surface area contributed by atoms with Crippen molar-refractivity contribution in [2.75, 3.05) is 46.3 Å². The van der Waals surface area contributed by atoms with E-state index in [1.807, 2.05) is 30.3 Å². The molecule has 0 atom stereocenters. The number of halogens is 3. The van der Waals surface area contributed by atoms with Crippen LogP contribution in [-0.2, 0) is 6.18 Å². The molecule has 0 spiro atoms. The van der Waals surface area contributed by atoms with E-state index in [-0.39, 0.29) is 17.2 Å². The van der Waals surface area contributed by atoms with Crippen LogP contribution < -0.4 is 5.32 Å². The number of benzene rings is 2. The van der Waals surface area contributed by atoms with Gasteiger partial charge >= 0.3 is 6.18 Å². The Balaban J connectivity index is 1.60. The van der Waals surface area contributed by atoms with E-state index >= 15 is 0 Å². The zero-order chi connectivity index (χ0) is 23.4. The van der Waals surface area contributed by atoms with E-state index in [2.05, 4.69) is 27.1 Å². The minimum atomic E-state index is -4.50. The number of hydrogen-bond acceptors (Lipinski definition) is 3. The first-order valence-corrected chi connectivity index (χ1v) is 11.0. The van der Waals surface area contributed by atoms with Crippen molar-refractivity contribution in [2.45, 2.75) is 6.18 Å². The first kappa shape index (κ1) is 23.1. The van der Waals surface area contributed by atoms with E-state index in [1.165, 1.54) is 18.2 Å². The summed E-state index contributed by atoms with van der Waals surface area (Å²) >= 11 is 0. The molecule has 0 saturated carbocycles. The highest BCUT2D eigenvalue weighted by Crippen LogP contribution is 2.38. The fraction of sp³-hybridized carbons (Fsp3) is 0.320. The molecular weight excluding hydrogens is 429 g/mol. The van der Waals surface area contributed by atoms with Gasteiger partial charge in [-0.15, -0.1) is 0 Å². The van der Waals surface area contributed by atoms with E-state index in [9.17, 15) is 18.0 Å². The van der Waals surface area contributed by atoms with Crippen LogP contribution in [0.1, 0.15) is 15.9 Å². The zero-order valence-electron chi connectivity index (χ0n) is 18.5. The molecule has 1 aromatic heterocycles. The van der Waals surface area contributed by atoms with E-state index in [1.54, 1.807) is 6.07 Å². The summed E-state index contributed by atoms with van der Waals surface area (Å²) in [5.41, 5.74) is 1.08. The number of alkyl halides is 3. The van der Waals surface area contributed by atoms with Gasteiger partial charge in [-0.2, -0.15) is 13.2 Å². The first-order valence-electron chi connectivity index (χ1n) is 11.0. The van der Waals surface area contributed by atoms with Gasteiger partial charge in [0.2, 0.25) is 0 Å². The molecule has 5 nitrogen and oxygen atoms in total. The normalized spacial score (nSPS) is 15.5. The predicted octanol–water partition coefficient (Wildman–Crippen LogP) is 4.34. The van der Waals surface area contributed by atoms with Gasteiger partial charge in [0.05, 0.1) is 16.8 Å². The average molecular weight is 457 g/mol. The number of rotatable bonds is 6. The molecule has 0 unspecified atom stereocenters. The van der Waals surface area contributed by atoms with Crippen molar-refractivity contribution in [1.29, 1.82) is 0 Å². The third-order valence-corrected chi connectivity index (χ3v) is 5.96. The molecule has 1 fully saturated rings. The maximum absolute atomic E-state index is 13.6. The first-order chi connectivity index (χ1) is 15.8. The minimum absolute atomic E-state index is 0.0127. The number of amides is 1. The highest BCUT2D eigenvalue weighted by molar-refractivity contribution is 6.01. The zero-order valence-corrected chi connectivity index (χ0v) is 18.5. The van der Waals surface area contributed by atoms with Crippen LogP contribution in [0.3, 0.4) is 0 Å². The lowest BCUT2D eigenvalue weighted by Gasteiger charge is -2.32. The SMILES string of the molecule is CN1CCN(CCNC(=O)c2cc(-c3ccccc3C(F)(F)F)[nH]c2-c2ccccc2)CC1. The highest BCUT2D eigenvalue weighted by atomic mass is 19.4. The minimum Gasteiger partial charge on any atom is -0.354 e. The van der Waals surface area contributed by atoms with Crippen LogP contribution in [0, 0.1) is 0 Å². The molecule has 2 aromatic carbocycles. The van der Waals surface area contributed by atoms with E-state index in [0.717, 1.165) is 44.4 Å². The van der Waals surface area contributed by atoms with Crippen LogP contribution in [0.2, 0.25) is 0 Å². The van der Waals surface area contributed by atoms with Gasteiger partial charge in [-0.05, 0) is 24.7 Å². The van der Waals surface area contributed by atoms with Crippen molar-refractivity contribution in [3.05, 3.63) is 71.8 Å². The lowest BCUT2D eigenvalue weighted by Crippen LogP contribution is -2.46. The number of nitrogens with one attached hydrogen (secondary N) is 2. The number of piperazine rings is 1. The maximum atomic E-state index is 13.6. The van der Waals surface area contributed by atoms with Crippen molar-refractivity contribution in [2.24, 2.45) is 0 Å². The number of hydrogen-bond donors (Lipinski definition) is 2. The molecule has 33 heavy (non-hydrogen) atoms. The average Bonchev–Trinajstić information content (AvgIpc) is 3.26. The summed E-state index contributed by atoms with van der Waals surface area (Å²) < 4.78 is 40.8. The molecule has 4 rings (SSSR count). The van der Waals surface area contributed by atoms with Gasteiger partial charge in [0.1, 0.15) is 0 Å². The number of nitrogens with zero attached hydrogens (tertiary/aromatic N) is 2. The molecule has 1 saturated heterocycles. The summed E-state index contributed by atoms with van der Waals surface area (Å²) in [7, 11) is 2.09. The van der Waals surface area contributed by atoms with Crippen LogP contribution >= 0.6 is 0 Å². The second-order valence-electron chi connectivity index (χ2n) is 8.28. The van der Waals surface area contributed by atoms with Gasteiger partial charge in [-0.25, -0.2) is 0 Å². The highest BCUT2D eigenvalue weighted by Gasteiger charge is 2.34.